The zero-order valence-corrected chi connectivity index (χ0v) is 22.2. The summed E-state index contributed by atoms with van der Waals surface area (Å²) in [5, 5.41) is 160. The van der Waals surface area contributed by atoms with Crippen molar-refractivity contribution in [2.24, 2.45) is 0 Å². The minimum Gasteiger partial charge on any atom is -0.547 e. The van der Waals surface area contributed by atoms with Crippen LogP contribution in [0.3, 0.4) is 0 Å². The van der Waals surface area contributed by atoms with E-state index in [1.165, 1.54) is 0 Å². The van der Waals surface area contributed by atoms with Gasteiger partial charge in [-0.25, -0.2) is 0 Å². The topological polar surface area (TPSA) is 460 Å². The third kappa shape index (κ3) is 18.4. The molecule has 0 bridgehead atoms. The summed E-state index contributed by atoms with van der Waals surface area (Å²) in [6.45, 7) is -2.59. The molecule has 0 aromatic heterocycles. The van der Waals surface area contributed by atoms with Crippen LogP contribution in [0.15, 0.2) is 0 Å². The summed E-state index contributed by atoms with van der Waals surface area (Å²) in [4.78, 5) is 29.9. The predicted octanol–water partition coefficient (Wildman–Crippen LogP) is -14.1. The zero-order valence-electron chi connectivity index (χ0n) is 21.1. The number of rotatable bonds is 15. The van der Waals surface area contributed by atoms with Crippen LogP contribution in [0.1, 0.15) is 0 Å². The van der Waals surface area contributed by atoms with E-state index in [-0.39, 0.29) is 23.2 Å². The third-order valence-electron chi connectivity index (χ3n) is 4.49. The molecule has 0 spiro atoms. The quantitative estimate of drug-likeness (QED) is 0.0725. The molecular formula is C18H37FeNO21. The Morgan fingerprint density at radius 3 is 0.659 bits per heavy atom. The van der Waals surface area contributed by atoms with Crippen molar-refractivity contribution in [3.05, 3.63) is 0 Å². The van der Waals surface area contributed by atoms with Crippen LogP contribution >= 0.6 is 0 Å². The van der Waals surface area contributed by atoms with Crippen LogP contribution in [0.25, 0.3) is 0 Å². The molecule has 0 radical (unpaired) electrons. The van der Waals surface area contributed by atoms with E-state index in [0.29, 0.717) is 0 Å². The van der Waals surface area contributed by atoms with Gasteiger partial charge in [0.2, 0.25) is 0 Å². The average molecular weight is 659 g/mol. The predicted molar refractivity (Wildman–Crippen MR) is 114 cm³/mol. The number of carbonyl (C=O) groups is 3. The second kappa shape index (κ2) is 24.8. The molecule has 12 atom stereocenters. The first kappa shape index (κ1) is 49.0. The summed E-state index contributed by atoms with van der Waals surface area (Å²) in [5.74, 6) is -5.93. The van der Waals surface area contributed by atoms with Crippen molar-refractivity contribution in [2.45, 2.75) is 73.2 Å². The molecule has 23 heteroatoms. The molecule has 41 heavy (non-hydrogen) atoms. The Kier molecular flexibility index (Phi) is 29.7. The van der Waals surface area contributed by atoms with Gasteiger partial charge in [-0.2, -0.15) is 0 Å². The maximum atomic E-state index is 9.98. The van der Waals surface area contributed by atoms with E-state index in [1.807, 2.05) is 0 Å². The maximum absolute atomic E-state index is 9.98. The summed E-state index contributed by atoms with van der Waals surface area (Å²) in [7, 11) is 0. The van der Waals surface area contributed by atoms with E-state index in [4.69, 9.17) is 76.6 Å². The number of aliphatic hydroxyl groups excluding tert-OH is 15. The molecule has 0 aromatic rings. The van der Waals surface area contributed by atoms with Crippen molar-refractivity contribution >= 4 is 17.9 Å². The van der Waals surface area contributed by atoms with Gasteiger partial charge in [0.25, 0.3) is 0 Å². The van der Waals surface area contributed by atoms with Gasteiger partial charge in [0, 0.05) is 0 Å². The number of hydrogen-bond acceptors (Lipinski definition) is 21. The van der Waals surface area contributed by atoms with Gasteiger partial charge >= 0.3 is 17.1 Å². The number of aliphatic carboxylic acids is 3. The molecule has 0 rings (SSSR count). The fraction of sp³-hybridized carbons (Fsp3) is 0.833. The Hall–Kier alpha value is -1.71. The normalized spacial score (nSPS) is 19.4. The number of quaternary nitrogens is 1. The zero-order chi connectivity index (χ0) is 31.8. The third-order valence-corrected chi connectivity index (χ3v) is 4.49. The SMILES string of the molecule is O=C([O-])[C@H](O)[C@@H](O)[C@H](O)[C@H](O)CO.O=C([O-])[C@H](O)[C@@H](O)[C@H](O)[C@H](O)CO.O=C([O-])[C@H](O)[C@@H](O)[C@H](O)[C@H](O)CO.[Fe+2].[NH4+]. The molecule has 248 valence electrons. The standard InChI is InChI=1S/3C6H12O7.Fe.H3N/c3*7-1-2(8)3(9)4(10)5(11)6(12)13;;/h3*2-5,7-11H,1H2,(H,12,13);;1H3/q;;;+2;/p-2/t3*2-,3-,4+,5-;;/m111../s1. The van der Waals surface area contributed by atoms with E-state index >= 15 is 0 Å². The van der Waals surface area contributed by atoms with Crippen LogP contribution in [0, 0.1) is 0 Å². The van der Waals surface area contributed by atoms with E-state index in [9.17, 15) is 29.7 Å². The Balaban J connectivity index is -0.000000154. The Labute approximate surface area is 240 Å². The van der Waals surface area contributed by atoms with E-state index in [0.717, 1.165) is 0 Å². The maximum Gasteiger partial charge on any atom is 2.00 e. The minimum absolute atomic E-state index is 0. The molecule has 19 N–H and O–H groups in total. The molecule has 0 aliphatic rings. The fourth-order valence-corrected chi connectivity index (χ4v) is 1.99. The van der Waals surface area contributed by atoms with Gasteiger partial charge in [-0.3, -0.25) is 0 Å². The van der Waals surface area contributed by atoms with Crippen molar-refractivity contribution in [1.29, 1.82) is 0 Å². The molecular weight excluding hydrogens is 622 g/mol. The van der Waals surface area contributed by atoms with Gasteiger partial charge in [-0.15, -0.1) is 0 Å². The molecule has 0 amide bonds. The summed E-state index contributed by atoms with van der Waals surface area (Å²) >= 11 is 0. The minimum atomic E-state index is -2.31. The van der Waals surface area contributed by atoms with Gasteiger partial charge in [-0.1, -0.05) is 0 Å². The molecule has 0 aliphatic heterocycles. The summed E-state index contributed by atoms with van der Waals surface area (Å²) in [5.41, 5.74) is 0. The molecule has 0 saturated carbocycles. The van der Waals surface area contributed by atoms with Gasteiger partial charge in [0.1, 0.15) is 73.2 Å². The molecule has 0 aromatic carbocycles. The van der Waals surface area contributed by atoms with Crippen molar-refractivity contribution < 1.29 is 123 Å². The Bertz CT molecular complexity index is 615. The number of carbonyl (C=O) groups excluding carboxylic acids is 3. The van der Waals surface area contributed by atoms with Gasteiger partial charge in [0.15, 0.2) is 0 Å². The average Bonchev–Trinajstić information content (AvgIpc) is 2.92. The van der Waals surface area contributed by atoms with Gasteiger partial charge in [0.05, 0.1) is 37.7 Å². The summed E-state index contributed by atoms with van der Waals surface area (Å²) < 4.78 is 0. The monoisotopic (exact) mass is 659 g/mol. The van der Waals surface area contributed by atoms with Crippen LogP contribution in [0.2, 0.25) is 0 Å². The molecule has 0 saturated heterocycles. The van der Waals surface area contributed by atoms with E-state index in [1.54, 1.807) is 0 Å². The van der Waals surface area contributed by atoms with Crippen LogP contribution < -0.4 is 21.5 Å². The second-order valence-electron chi connectivity index (χ2n) is 7.48. The first-order valence-electron chi connectivity index (χ1n) is 10.4. The number of aliphatic hydroxyl groups is 15. The largest absolute Gasteiger partial charge is 2.00 e. The second-order valence-corrected chi connectivity index (χ2v) is 7.48. The van der Waals surface area contributed by atoms with E-state index < -0.39 is 111 Å². The van der Waals surface area contributed by atoms with Crippen molar-refractivity contribution in [2.75, 3.05) is 19.8 Å². The number of hydrogen-bond donors (Lipinski definition) is 16. The van der Waals surface area contributed by atoms with Crippen LogP contribution in [0.5, 0.6) is 0 Å². The smallest absolute Gasteiger partial charge is 0.547 e. The molecule has 0 heterocycles. The summed E-state index contributed by atoms with van der Waals surface area (Å²) in [6, 6.07) is 0. The van der Waals surface area contributed by atoms with Crippen molar-refractivity contribution in [3.63, 3.8) is 0 Å². The van der Waals surface area contributed by atoms with Gasteiger partial charge < -0.3 is 112 Å². The van der Waals surface area contributed by atoms with Crippen LogP contribution in [-0.2, 0) is 31.5 Å². The van der Waals surface area contributed by atoms with Crippen molar-refractivity contribution in [3.8, 4) is 0 Å². The Morgan fingerprint density at radius 1 is 0.415 bits per heavy atom. The first-order valence-corrected chi connectivity index (χ1v) is 10.4. The first-order chi connectivity index (χ1) is 17.7. The van der Waals surface area contributed by atoms with E-state index in [2.05, 4.69) is 0 Å². The molecule has 0 aliphatic carbocycles. The van der Waals surface area contributed by atoms with Gasteiger partial charge in [-0.05, 0) is 0 Å². The molecule has 22 nitrogen and oxygen atoms in total. The van der Waals surface area contributed by atoms with Crippen molar-refractivity contribution in [1.82, 2.24) is 6.15 Å². The van der Waals surface area contributed by atoms with Crippen LogP contribution in [-0.4, -0.2) is 188 Å². The molecule has 0 unspecified atom stereocenters. The Morgan fingerprint density at radius 2 is 0.561 bits per heavy atom. The fourth-order valence-electron chi connectivity index (χ4n) is 1.99. The number of carboxylic acid groups (broad SMARTS) is 3. The molecule has 0 fully saturated rings. The number of carboxylic acids is 3. The van der Waals surface area contributed by atoms with Crippen LogP contribution in [0.4, 0.5) is 0 Å². The summed E-state index contributed by atoms with van der Waals surface area (Å²) in [6.07, 6.45) is -24.2.